The summed E-state index contributed by atoms with van der Waals surface area (Å²) in [5.74, 6) is 0. The molecule has 0 aromatic rings. The molecule has 0 radical (unpaired) electrons. The third-order valence-corrected chi connectivity index (χ3v) is 3.84. The third-order valence-electron chi connectivity index (χ3n) is 3.84. The molecule has 0 amide bonds. The zero-order valence-corrected chi connectivity index (χ0v) is 6.91. The summed E-state index contributed by atoms with van der Waals surface area (Å²) in [5, 5.41) is 0. The van der Waals surface area contributed by atoms with Crippen LogP contribution in [-0.2, 0) is 0 Å². The van der Waals surface area contributed by atoms with Crippen LogP contribution in [0.4, 0.5) is 0 Å². The van der Waals surface area contributed by atoms with E-state index in [2.05, 4.69) is 0 Å². The molecular formula is C8H14ClN. The van der Waals surface area contributed by atoms with Gasteiger partial charge in [-0.2, -0.15) is 0 Å². The van der Waals surface area contributed by atoms with Crippen molar-refractivity contribution in [1.29, 1.82) is 0 Å². The summed E-state index contributed by atoms with van der Waals surface area (Å²) in [7, 11) is 0. The zero-order valence-electron chi connectivity index (χ0n) is 6.10. The van der Waals surface area contributed by atoms with Gasteiger partial charge in [0, 0.05) is 6.04 Å². The van der Waals surface area contributed by atoms with E-state index in [1.165, 1.54) is 32.1 Å². The Morgan fingerprint density at radius 3 is 2.00 bits per heavy atom. The Balaban J connectivity index is 0.000000403. The van der Waals surface area contributed by atoms with Crippen molar-refractivity contribution in [3.63, 3.8) is 0 Å². The van der Waals surface area contributed by atoms with Crippen molar-refractivity contribution in [1.82, 2.24) is 0 Å². The van der Waals surface area contributed by atoms with E-state index in [-0.39, 0.29) is 12.4 Å². The minimum atomic E-state index is 0. The highest BCUT2D eigenvalue weighted by Gasteiger charge is 2.76. The summed E-state index contributed by atoms with van der Waals surface area (Å²) in [6.45, 7) is 0. The fourth-order valence-corrected chi connectivity index (χ4v) is 2.98. The Hall–Kier alpha value is 0.250. The maximum atomic E-state index is 5.74. The van der Waals surface area contributed by atoms with Gasteiger partial charge in [0.2, 0.25) is 0 Å². The van der Waals surface area contributed by atoms with Crippen LogP contribution in [0.1, 0.15) is 32.1 Å². The molecule has 3 fully saturated rings. The van der Waals surface area contributed by atoms with Crippen LogP contribution in [0.3, 0.4) is 0 Å². The first-order chi connectivity index (χ1) is 4.27. The first kappa shape index (κ1) is 6.93. The minimum Gasteiger partial charge on any atom is -0.328 e. The summed E-state index contributed by atoms with van der Waals surface area (Å²) in [5.41, 5.74) is 7.46. The highest BCUT2D eigenvalue weighted by Crippen LogP contribution is 2.84. The van der Waals surface area contributed by atoms with Gasteiger partial charge in [-0.1, -0.05) is 0 Å². The van der Waals surface area contributed by atoms with E-state index in [9.17, 15) is 0 Å². The summed E-state index contributed by atoms with van der Waals surface area (Å²) in [6.07, 6.45) is 7.30. The number of hydrogen-bond acceptors (Lipinski definition) is 1. The Morgan fingerprint density at radius 1 is 1.10 bits per heavy atom. The van der Waals surface area contributed by atoms with Gasteiger partial charge in [0.1, 0.15) is 0 Å². The smallest absolute Gasteiger partial charge is 0.00498 e. The Bertz CT molecular complexity index is 168. The normalized spacial score (nSPS) is 51.9. The average Bonchev–Trinajstić information content (AvgIpc) is 2.51. The highest BCUT2D eigenvalue weighted by atomic mass is 35.5. The van der Waals surface area contributed by atoms with Gasteiger partial charge >= 0.3 is 0 Å². The van der Waals surface area contributed by atoms with Crippen molar-refractivity contribution in [2.24, 2.45) is 16.6 Å². The molecule has 0 unspecified atom stereocenters. The second-order valence-electron chi connectivity index (χ2n) is 4.41. The molecule has 0 bridgehead atoms. The lowest BCUT2D eigenvalue weighted by Crippen LogP contribution is -2.39. The van der Waals surface area contributed by atoms with E-state index in [1.54, 1.807) is 0 Å². The van der Waals surface area contributed by atoms with Gasteiger partial charge in [-0.05, 0) is 42.9 Å². The minimum absolute atomic E-state index is 0. The van der Waals surface area contributed by atoms with E-state index >= 15 is 0 Å². The monoisotopic (exact) mass is 159 g/mol. The average molecular weight is 160 g/mol. The van der Waals surface area contributed by atoms with E-state index in [0.29, 0.717) is 6.04 Å². The summed E-state index contributed by atoms with van der Waals surface area (Å²) in [4.78, 5) is 0. The van der Waals surface area contributed by atoms with Crippen molar-refractivity contribution < 1.29 is 0 Å². The second-order valence-corrected chi connectivity index (χ2v) is 4.41. The molecule has 0 atom stereocenters. The number of fused-ring (bicyclic) bond motifs is 1. The predicted molar refractivity (Wildman–Crippen MR) is 43.2 cm³/mol. The van der Waals surface area contributed by atoms with Gasteiger partial charge < -0.3 is 5.73 Å². The molecule has 2 heteroatoms. The number of nitrogens with two attached hydrogens (primary N) is 1. The van der Waals surface area contributed by atoms with E-state index in [0.717, 1.165) is 10.8 Å². The molecule has 1 nitrogen and oxygen atoms in total. The van der Waals surface area contributed by atoms with Gasteiger partial charge in [-0.25, -0.2) is 0 Å². The molecule has 3 aliphatic rings. The van der Waals surface area contributed by atoms with Gasteiger partial charge in [-0.3, -0.25) is 0 Å². The summed E-state index contributed by atoms with van der Waals surface area (Å²) < 4.78 is 0. The lowest BCUT2D eigenvalue weighted by Gasteiger charge is -2.34. The SMILES string of the molecule is Cl.NC1CC2(C1)CC21CC1. The summed E-state index contributed by atoms with van der Waals surface area (Å²) >= 11 is 0. The molecule has 3 saturated carbocycles. The van der Waals surface area contributed by atoms with E-state index in [4.69, 9.17) is 5.73 Å². The van der Waals surface area contributed by atoms with Crippen LogP contribution in [-0.4, -0.2) is 6.04 Å². The van der Waals surface area contributed by atoms with Crippen LogP contribution >= 0.6 is 12.4 Å². The molecule has 2 spiro atoms. The van der Waals surface area contributed by atoms with Crippen LogP contribution in [0.5, 0.6) is 0 Å². The molecule has 3 aliphatic carbocycles. The van der Waals surface area contributed by atoms with Crippen LogP contribution < -0.4 is 5.73 Å². The van der Waals surface area contributed by atoms with Crippen molar-refractivity contribution in [2.75, 3.05) is 0 Å². The molecule has 3 rings (SSSR count). The van der Waals surface area contributed by atoms with Crippen molar-refractivity contribution in [3.05, 3.63) is 0 Å². The highest BCUT2D eigenvalue weighted by molar-refractivity contribution is 5.85. The second kappa shape index (κ2) is 1.54. The molecule has 10 heavy (non-hydrogen) atoms. The van der Waals surface area contributed by atoms with Gasteiger partial charge in [-0.15, -0.1) is 12.4 Å². The number of halogens is 1. The lowest BCUT2D eigenvalue weighted by molar-refractivity contribution is 0.208. The van der Waals surface area contributed by atoms with Crippen LogP contribution in [0.25, 0.3) is 0 Å². The maximum Gasteiger partial charge on any atom is 0.00498 e. The Kier molecular flexibility index (Phi) is 1.06. The van der Waals surface area contributed by atoms with Crippen LogP contribution in [0.15, 0.2) is 0 Å². The molecule has 0 aliphatic heterocycles. The molecule has 0 heterocycles. The molecule has 58 valence electrons. The predicted octanol–water partition coefficient (Wildman–Crippen LogP) is 1.70. The quantitative estimate of drug-likeness (QED) is 0.572. The molecular weight excluding hydrogens is 146 g/mol. The van der Waals surface area contributed by atoms with Crippen LogP contribution in [0, 0.1) is 10.8 Å². The van der Waals surface area contributed by atoms with Crippen molar-refractivity contribution in [3.8, 4) is 0 Å². The Labute approximate surface area is 67.8 Å². The topological polar surface area (TPSA) is 26.0 Å². The fourth-order valence-electron chi connectivity index (χ4n) is 2.98. The Morgan fingerprint density at radius 2 is 1.70 bits per heavy atom. The van der Waals surface area contributed by atoms with Gasteiger partial charge in [0.15, 0.2) is 0 Å². The van der Waals surface area contributed by atoms with Crippen LogP contribution in [0.2, 0.25) is 0 Å². The zero-order chi connectivity index (χ0) is 6.11. The fraction of sp³-hybridized carbons (Fsp3) is 1.00. The molecule has 0 aromatic carbocycles. The maximum absolute atomic E-state index is 5.74. The first-order valence-corrected chi connectivity index (χ1v) is 4.02. The van der Waals surface area contributed by atoms with Crippen molar-refractivity contribution in [2.45, 2.75) is 38.1 Å². The first-order valence-electron chi connectivity index (χ1n) is 4.02. The molecule has 0 saturated heterocycles. The van der Waals surface area contributed by atoms with Gasteiger partial charge in [0.25, 0.3) is 0 Å². The lowest BCUT2D eigenvalue weighted by atomic mass is 9.75. The standard InChI is InChI=1S/C8H13N.ClH/c9-6-3-8(4-6)5-7(8)1-2-7;/h6H,1-5,9H2;1H. The van der Waals surface area contributed by atoms with Crippen molar-refractivity contribution >= 4 is 12.4 Å². The number of hydrogen-bond donors (Lipinski definition) is 1. The largest absolute Gasteiger partial charge is 0.328 e. The number of rotatable bonds is 0. The van der Waals surface area contributed by atoms with Gasteiger partial charge in [0.05, 0.1) is 0 Å². The molecule has 0 aromatic heterocycles. The molecule has 2 N–H and O–H groups in total. The van der Waals surface area contributed by atoms with E-state index < -0.39 is 0 Å². The summed E-state index contributed by atoms with van der Waals surface area (Å²) in [6, 6.07) is 0.574. The van der Waals surface area contributed by atoms with E-state index in [1.807, 2.05) is 0 Å². The third kappa shape index (κ3) is 0.543.